The van der Waals surface area contributed by atoms with Gasteiger partial charge in [0.25, 0.3) is 0 Å². The minimum atomic E-state index is -0.891. The van der Waals surface area contributed by atoms with Crippen LogP contribution < -0.4 is 5.32 Å². The molecule has 1 atom stereocenters. The van der Waals surface area contributed by atoms with Crippen LogP contribution in [0.2, 0.25) is 0 Å². The van der Waals surface area contributed by atoms with Crippen molar-refractivity contribution >= 4 is 0 Å². The molecule has 2 N–H and O–H groups in total. The maximum absolute atomic E-state index is 9.40. The van der Waals surface area contributed by atoms with Gasteiger partial charge in [-0.2, -0.15) is 0 Å². The van der Waals surface area contributed by atoms with Crippen molar-refractivity contribution < 1.29 is 9.84 Å². The number of hydrogen-bond acceptors (Lipinski definition) is 3. The molecule has 0 saturated carbocycles. The highest BCUT2D eigenvalue weighted by Gasteiger charge is 2.27. The molecule has 1 saturated heterocycles. The number of nitrogens with one attached hydrogen (secondary N) is 1. The molecule has 1 rings (SSSR count). The van der Waals surface area contributed by atoms with E-state index < -0.39 is 5.79 Å². The van der Waals surface area contributed by atoms with Crippen molar-refractivity contribution in [3.63, 3.8) is 0 Å². The van der Waals surface area contributed by atoms with E-state index in [1.807, 2.05) is 6.92 Å². The molecule has 0 radical (unpaired) electrons. The third-order valence-electron chi connectivity index (χ3n) is 1.60. The van der Waals surface area contributed by atoms with Crippen molar-refractivity contribution in [2.75, 3.05) is 19.7 Å². The lowest BCUT2D eigenvalue weighted by Gasteiger charge is -2.31. The lowest BCUT2D eigenvalue weighted by Crippen LogP contribution is -2.49. The maximum atomic E-state index is 9.40. The van der Waals surface area contributed by atoms with Crippen LogP contribution in [0.5, 0.6) is 0 Å². The predicted octanol–water partition coefficient (Wildman–Crippen LogP) is -0.295. The molecule has 3 heteroatoms. The molecule has 1 fully saturated rings. The van der Waals surface area contributed by atoms with Crippen LogP contribution >= 0.6 is 0 Å². The number of rotatable bonds is 1. The molecule has 0 bridgehead atoms. The lowest BCUT2D eigenvalue weighted by atomic mass is 10.2. The second-order valence-corrected chi connectivity index (χ2v) is 2.32. The second-order valence-electron chi connectivity index (χ2n) is 2.32. The molecule has 9 heavy (non-hydrogen) atoms. The highest BCUT2D eigenvalue weighted by Crippen LogP contribution is 2.12. The van der Waals surface area contributed by atoms with E-state index >= 15 is 0 Å². The molecule has 1 aliphatic rings. The maximum Gasteiger partial charge on any atom is 0.177 e. The number of ether oxygens (including phenoxy) is 1. The van der Waals surface area contributed by atoms with Crippen molar-refractivity contribution in [1.82, 2.24) is 5.32 Å². The summed E-state index contributed by atoms with van der Waals surface area (Å²) in [4.78, 5) is 0. The fraction of sp³-hybridized carbons (Fsp3) is 1.00. The van der Waals surface area contributed by atoms with Gasteiger partial charge in [-0.25, -0.2) is 0 Å². The summed E-state index contributed by atoms with van der Waals surface area (Å²) in [5, 5.41) is 12.4. The van der Waals surface area contributed by atoms with E-state index in [1.165, 1.54) is 0 Å². The Kier molecular flexibility index (Phi) is 2.05. The smallest absolute Gasteiger partial charge is 0.177 e. The zero-order valence-electron chi connectivity index (χ0n) is 5.68. The van der Waals surface area contributed by atoms with E-state index in [9.17, 15) is 5.11 Å². The third-order valence-corrected chi connectivity index (χ3v) is 1.60. The van der Waals surface area contributed by atoms with Gasteiger partial charge in [0.15, 0.2) is 5.79 Å². The molecule has 54 valence electrons. The number of hydrogen-bond donors (Lipinski definition) is 2. The summed E-state index contributed by atoms with van der Waals surface area (Å²) in [6.45, 7) is 3.93. The molecular formula is C6H13NO2. The van der Waals surface area contributed by atoms with Gasteiger partial charge in [-0.15, -0.1) is 0 Å². The molecule has 0 aromatic carbocycles. The van der Waals surface area contributed by atoms with Crippen molar-refractivity contribution in [2.24, 2.45) is 0 Å². The van der Waals surface area contributed by atoms with E-state index in [-0.39, 0.29) is 0 Å². The molecule has 0 aliphatic carbocycles. The topological polar surface area (TPSA) is 41.5 Å². The Morgan fingerprint density at radius 1 is 1.78 bits per heavy atom. The highest BCUT2D eigenvalue weighted by atomic mass is 16.6. The first-order chi connectivity index (χ1) is 4.27. The summed E-state index contributed by atoms with van der Waals surface area (Å²) in [6, 6.07) is 0. The summed E-state index contributed by atoms with van der Waals surface area (Å²) in [6.07, 6.45) is 0.653. The first kappa shape index (κ1) is 6.99. The molecule has 0 spiro atoms. The van der Waals surface area contributed by atoms with E-state index in [4.69, 9.17) is 4.74 Å². The Labute approximate surface area is 55.0 Å². The van der Waals surface area contributed by atoms with Gasteiger partial charge in [-0.1, -0.05) is 6.92 Å². The Bertz CT molecular complexity index is 89.1. The van der Waals surface area contributed by atoms with E-state index in [0.29, 0.717) is 19.6 Å². The minimum Gasteiger partial charge on any atom is -0.364 e. The van der Waals surface area contributed by atoms with E-state index in [0.717, 1.165) is 6.54 Å². The Morgan fingerprint density at radius 2 is 2.56 bits per heavy atom. The summed E-state index contributed by atoms with van der Waals surface area (Å²) < 4.78 is 5.11. The largest absolute Gasteiger partial charge is 0.364 e. The Hall–Kier alpha value is -0.120. The molecule has 3 nitrogen and oxygen atoms in total. The minimum absolute atomic E-state index is 0.559. The molecule has 1 aliphatic heterocycles. The monoisotopic (exact) mass is 131 g/mol. The Balaban J connectivity index is 2.37. The first-order valence-electron chi connectivity index (χ1n) is 3.34. The predicted molar refractivity (Wildman–Crippen MR) is 34.1 cm³/mol. The molecule has 0 aromatic heterocycles. The summed E-state index contributed by atoms with van der Waals surface area (Å²) in [5.74, 6) is -0.891. The molecule has 1 unspecified atom stereocenters. The van der Waals surface area contributed by atoms with E-state index in [1.54, 1.807) is 0 Å². The van der Waals surface area contributed by atoms with E-state index in [2.05, 4.69) is 5.32 Å². The van der Waals surface area contributed by atoms with Crippen LogP contribution in [0.3, 0.4) is 0 Å². The van der Waals surface area contributed by atoms with Gasteiger partial charge in [0, 0.05) is 13.1 Å². The SMILES string of the molecule is CCC1(O)CNCCO1. The number of morpholine rings is 1. The van der Waals surface area contributed by atoms with Crippen molar-refractivity contribution in [2.45, 2.75) is 19.1 Å². The van der Waals surface area contributed by atoms with Crippen LogP contribution in [0, 0.1) is 0 Å². The van der Waals surface area contributed by atoms with Crippen molar-refractivity contribution in [1.29, 1.82) is 0 Å². The zero-order chi connectivity index (χ0) is 6.74. The molecular weight excluding hydrogens is 118 g/mol. The molecule has 0 amide bonds. The third kappa shape index (κ3) is 1.64. The van der Waals surface area contributed by atoms with Crippen LogP contribution in [0.1, 0.15) is 13.3 Å². The highest BCUT2D eigenvalue weighted by molar-refractivity contribution is 4.72. The average molecular weight is 131 g/mol. The van der Waals surface area contributed by atoms with Gasteiger partial charge in [-0.3, -0.25) is 0 Å². The first-order valence-corrected chi connectivity index (χ1v) is 3.34. The molecule has 0 aromatic rings. The number of aliphatic hydroxyl groups is 1. The fourth-order valence-electron chi connectivity index (χ4n) is 0.875. The Morgan fingerprint density at radius 3 is 2.89 bits per heavy atom. The van der Waals surface area contributed by atoms with Gasteiger partial charge in [0.1, 0.15) is 0 Å². The number of β-amino-alcohol motifs (C(OH)–C–C–N with tert-alkyl or cyclic N) is 1. The van der Waals surface area contributed by atoms with Gasteiger partial charge in [0.2, 0.25) is 0 Å². The summed E-state index contributed by atoms with van der Waals surface area (Å²) in [7, 11) is 0. The van der Waals surface area contributed by atoms with Crippen LogP contribution in [0.4, 0.5) is 0 Å². The zero-order valence-corrected chi connectivity index (χ0v) is 5.68. The fourth-order valence-corrected chi connectivity index (χ4v) is 0.875. The second kappa shape index (κ2) is 2.64. The van der Waals surface area contributed by atoms with Crippen LogP contribution in [-0.4, -0.2) is 30.6 Å². The standard InChI is InChI=1S/C6H13NO2/c1-2-6(8)5-7-3-4-9-6/h7-8H,2-5H2,1H3. The summed E-state index contributed by atoms with van der Waals surface area (Å²) >= 11 is 0. The normalized spacial score (nSPS) is 36.7. The lowest BCUT2D eigenvalue weighted by molar-refractivity contribution is -0.214. The quantitative estimate of drug-likeness (QED) is 0.513. The molecule has 1 heterocycles. The van der Waals surface area contributed by atoms with Crippen LogP contribution in [-0.2, 0) is 4.74 Å². The average Bonchev–Trinajstić information content (AvgIpc) is 1.90. The van der Waals surface area contributed by atoms with Gasteiger partial charge >= 0.3 is 0 Å². The van der Waals surface area contributed by atoms with Crippen molar-refractivity contribution in [3.05, 3.63) is 0 Å². The van der Waals surface area contributed by atoms with Gasteiger partial charge < -0.3 is 15.2 Å². The van der Waals surface area contributed by atoms with Gasteiger partial charge in [-0.05, 0) is 6.42 Å². The summed E-state index contributed by atoms with van der Waals surface area (Å²) in [5.41, 5.74) is 0. The van der Waals surface area contributed by atoms with Crippen LogP contribution in [0.25, 0.3) is 0 Å². The van der Waals surface area contributed by atoms with Gasteiger partial charge in [0.05, 0.1) is 6.61 Å². The van der Waals surface area contributed by atoms with Crippen molar-refractivity contribution in [3.8, 4) is 0 Å². The van der Waals surface area contributed by atoms with Crippen LogP contribution in [0.15, 0.2) is 0 Å².